The van der Waals surface area contributed by atoms with Gasteiger partial charge in [-0.25, -0.2) is 0 Å². The van der Waals surface area contributed by atoms with Crippen molar-refractivity contribution in [2.75, 3.05) is 13.3 Å². The molecule has 0 unspecified atom stereocenters. The van der Waals surface area contributed by atoms with E-state index >= 15 is 0 Å². The molecule has 150 valence electrons. The molecule has 2 aromatic carbocycles. The van der Waals surface area contributed by atoms with Gasteiger partial charge in [-0.05, 0) is 61.7 Å². The van der Waals surface area contributed by atoms with Crippen LogP contribution in [0.1, 0.15) is 27.8 Å². The fourth-order valence-corrected chi connectivity index (χ4v) is 4.33. The Labute approximate surface area is 172 Å². The zero-order valence-electron chi connectivity index (χ0n) is 16.3. The van der Waals surface area contributed by atoms with Crippen molar-refractivity contribution in [3.05, 3.63) is 69.0 Å². The third-order valence-corrected chi connectivity index (χ3v) is 6.06. The lowest BCUT2D eigenvalue weighted by Gasteiger charge is -2.15. The first kappa shape index (κ1) is 19.3. The Morgan fingerprint density at radius 2 is 1.90 bits per heavy atom. The molecule has 1 aromatic heterocycles. The molecule has 2 heterocycles. The Morgan fingerprint density at radius 3 is 2.66 bits per heavy atom. The van der Waals surface area contributed by atoms with E-state index in [4.69, 9.17) is 9.47 Å². The van der Waals surface area contributed by atoms with Gasteiger partial charge < -0.3 is 9.47 Å². The summed E-state index contributed by atoms with van der Waals surface area (Å²) >= 11 is 1.32. The van der Waals surface area contributed by atoms with Gasteiger partial charge in [0.1, 0.15) is 11.1 Å². The van der Waals surface area contributed by atoms with Crippen molar-refractivity contribution < 1.29 is 14.4 Å². The number of nitrogens with zero attached hydrogens (tertiary/aromatic N) is 4. The molecule has 0 radical (unpaired) electrons. The lowest BCUT2D eigenvalue weighted by atomic mass is 10.1. The van der Waals surface area contributed by atoms with Crippen molar-refractivity contribution in [2.45, 2.75) is 31.2 Å². The smallest absolute Gasteiger partial charge is 0.231 e. The number of ether oxygens (including phenoxy) is 2. The van der Waals surface area contributed by atoms with Crippen LogP contribution in [0.4, 0.5) is 0 Å². The summed E-state index contributed by atoms with van der Waals surface area (Å²) in [6.07, 6.45) is 0. The predicted molar refractivity (Wildman–Crippen MR) is 109 cm³/mol. The van der Waals surface area contributed by atoms with Crippen molar-refractivity contribution in [2.24, 2.45) is 0 Å². The van der Waals surface area contributed by atoms with Gasteiger partial charge >= 0.3 is 0 Å². The highest BCUT2D eigenvalue weighted by atomic mass is 32.2. The van der Waals surface area contributed by atoms with E-state index in [-0.39, 0.29) is 18.3 Å². The van der Waals surface area contributed by atoms with Crippen LogP contribution in [0.2, 0.25) is 0 Å². The molecular weight excluding hydrogens is 392 g/mol. The summed E-state index contributed by atoms with van der Waals surface area (Å²) in [4.78, 5) is 11.0. The lowest BCUT2D eigenvalue weighted by Crippen LogP contribution is -2.11. The van der Waals surface area contributed by atoms with Crippen LogP contribution in [0.3, 0.4) is 0 Å². The molecule has 0 N–H and O–H groups in total. The molecular formula is C20H20N4O4S. The molecule has 29 heavy (non-hydrogen) atoms. The molecule has 0 spiro atoms. The molecule has 0 saturated heterocycles. The molecule has 0 fully saturated rings. The van der Waals surface area contributed by atoms with Gasteiger partial charge in [0.05, 0.1) is 0 Å². The first-order valence-corrected chi connectivity index (χ1v) is 9.98. The average Bonchev–Trinajstić information content (AvgIpc) is 3.29. The van der Waals surface area contributed by atoms with Gasteiger partial charge in [0.25, 0.3) is 0 Å². The molecule has 4 rings (SSSR count). The van der Waals surface area contributed by atoms with E-state index in [9.17, 15) is 10.1 Å². The van der Waals surface area contributed by atoms with Gasteiger partial charge in [-0.1, -0.05) is 23.9 Å². The standard InChI is InChI=1S/C20H20N4O4S/c1-12-4-6-16(8-13(12)2)24-14(3)21-22-20(24)29-19(10-23(25)26)15-5-7-17-18(9-15)28-11-27-17/h4-9,19H,10-11H2,1-3H3/t19-/m0/s1. The van der Waals surface area contributed by atoms with Gasteiger partial charge in [0, 0.05) is 10.6 Å². The van der Waals surface area contributed by atoms with E-state index < -0.39 is 5.25 Å². The van der Waals surface area contributed by atoms with Crippen molar-refractivity contribution in [3.63, 3.8) is 0 Å². The van der Waals surface area contributed by atoms with Crippen LogP contribution in [0, 0.1) is 30.9 Å². The molecule has 3 aromatic rings. The topological polar surface area (TPSA) is 92.3 Å². The third-order valence-electron chi connectivity index (χ3n) is 4.87. The summed E-state index contributed by atoms with van der Waals surface area (Å²) in [6, 6.07) is 11.5. The summed E-state index contributed by atoms with van der Waals surface area (Å²) in [7, 11) is 0. The Hall–Kier alpha value is -3.07. The fourth-order valence-electron chi connectivity index (χ4n) is 3.17. The number of hydrogen-bond acceptors (Lipinski definition) is 7. The Bertz CT molecular complexity index is 1080. The highest BCUT2D eigenvalue weighted by molar-refractivity contribution is 7.99. The second-order valence-corrected chi connectivity index (χ2v) is 8.04. The summed E-state index contributed by atoms with van der Waals surface area (Å²) < 4.78 is 12.7. The maximum absolute atomic E-state index is 11.3. The number of aromatic nitrogens is 3. The highest BCUT2D eigenvalue weighted by Gasteiger charge is 2.26. The van der Waals surface area contributed by atoms with Crippen molar-refractivity contribution in [1.82, 2.24) is 14.8 Å². The number of rotatable bonds is 6. The molecule has 1 aliphatic rings. The Kier molecular flexibility index (Phi) is 5.14. The molecule has 0 amide bonds. The summed E-state index contributed by atoms with van der Waals surface area (Å²) in [5.41, 5.74) is 4.07. The monoisotopic (exact) mass is 412 g/mol. The molecule has 8 nitrogen and oxygen atoms in total. The van der Waals surface area contributed by atoms with Crippen LogP contribution in [0.25, 0.3) is 5.69 Å². The minimum atomic E-state index is -0.451. The van der Waals surface area contributed by atoms with Crippen LogP contribution in [-0.4, -0.2) is 33.0 Å². The molecule has 9 heteroatoms. The Morgan fingerprint density at radius 1 is 1.10 bits per heavy atom. The van der Waals surface area contributed by atoms with Crippen LogP contribution < -0.4 is 9.47 Å². The summed E-state index contributed by atoms with van der Waals surface area (Å²) in [6.45, 7) is 5.89. The lowest BCUT2D eigenvalue weighted by molar-refractivity contribution is -0.479. The van der Waals surface area contributed by atoms with E-state index in [0.29, 0.717) is 16.7 Å². The third kappa shape index (κ3) is 3.91. The molecule has 1 aliphatic heterocycles. The number of hydrogen-bond donors (Lipinski definition) is 0. The Balaban J connectivity index is 1.70. The van der Waals surface area contributed by atoms with Crippen LogP contribution in [0.15, 0.2) is 41.6 Å². The number of nitro groups is 1. The summed E-state index contributed by atoms with van der Waals surface area (Å²) in [5.74, 6) is 1.97. The van der Waals surface area contributed by atoms with E-state index in [1.807, 2.05) is 36.6 Å². The van der Waals surface area contributed by atoms with E-state index in [0.717, 1.165) is 22.6 Å². The largest absolute Gasteiger partial charge is 0.454 e. The van der Waals surface area contributed by atoms with E-state index in [2.05, 4.69) is 23.2 Å². The molecule has 1 atom stereocenters. The maximum atomic E-state index is 11.3. The van der Waals surface area contributed by atoms with Crippen molar-refractivity contribution >= 4 is 11.8 Å². The quantitative estimate of drug-likeness (QED) is 0.343. The number of thioether (sulfide) groups is 1. The predicted octanol–water partition coefficient (Wildman–Crippen LogP) is 4.03. The zero-order chi connectivity index (χ0) is 20.5. The second kappa shape index (κ2) is 7.75. The van der Waals surface area contributed by atoms with E-state index in [1.165, 1.54) is 17.3 Å². The normalized spacial score (nSPS) is 13.5. The van der Waals surface area contributed by atoms with Crippen LogP contribution in [0.5, 0.6) is 11.5 Å². The summed E-state index contributed by atoms with van der Waals surface area (Å²) in [5, 5.41) is 20.0. The number of fused-ring (bicyclic) bond motifs is 1. The number of benzene rings is 2. The van der Waals surface area contributed by atoms with Gasteiger partial charge in [0.2, 0.25) is 13.3 Å². The average molecular weight is 412 g/mol. The highest BCUT2D eigenvalue weighted by Crippen LogP contribution is 2.40. The molecule has 0 saturated carbocycles. The van der Waals surface area contributed by atoms with Crippen LogP contribution >= 0.6 is 11.8 Å². The van der Waals surface area contributed by atoms with Crippen molar-refractivity contribution in [1.29, 1.82) is 0 Å². The minimum Gasteiger partial charge on any atom is -0.454 e. The second-order valence-electron chi connectivity index (χ2n) is 6.87. The van der Waals surface area contributed by atoms with Gasteiger partial charge in [-0.15, -0.1) is 10.2 Å². The maximum Gasteiger partial charge on any atom is 0.231 e. The van der Waals surface area contributed by atoms with Gasteiger partial charge in [0.15, 0.2) is 16.7 Å². The van der Waals surface area contributed by atoms with E-state index in [1.54, 1.807) is 12.1 Å². The molecule has 0 bridgehead atoms. The van der Waals surface area contributed by atoms with Crippen molar-refractivity contribution in [3.8, 4) is 17.2 Å². The van der Waals surface area contributed by atoms with Crippen LogP contribution in [-0.2, 0) is 0 Å². The number of aryl methyl sites for hydroxylation is 3. The SMILES string of the molecule is Cc1ccc(-n2c(C)nnc2S[C@@H](C[N+](=O)[O-])c2ccc3c(c2)OCO3)cc1C. The zero-order valence-corrected chi connectivity index (χ0v) is 17.1. The van der Waals surface area contributed by atoms with Gasteiger partial charge in [-0.2, -0.15) is 0 Å². The van der Waals surface area contributed by atoms with Gasteiger partial charge in [-0.3, -0.25) is 14.7 Å². The molecule has 0 aliphatic carbocycles. The minimum absolute atomic E-state index is 0.159. The first-order valence-electron chi connectivity index (χ1n) is 9.10. The first-order chi connectivity index (χ1) is 13.9. The fraction of sp³-hybridized carbons (Fsp3) is 0.300.